The van der Waals surface area contributed by atoms with Gasteiger partial charge in [0.25, 0.3) is 0 Å². The molecular formula is C20H31N3O4. The number of carbonyl (C=O) groups excluding carboxylic acids is 2. The Morgan fingerprint density at radius 3 is 2.48 bits per heavy atom. The molecule has 2 rings (SSSR count). The van der Waals surface area contributed by atoms with Crippen LogP contribution in [0.15, 0.2) is 30.3 Å². The quantitative estimate of drug-likeness (QED) is 0.754. The van der Waals surface area contributed by atoms with Crippen molar-refractivity contribution in [2.24, 2.45) is 0 Å². The zero-order valence-electron chi connectivity index (χ0n) is 16.5. The molecule has 1 aliphatic rings. The second-order valence-corrected chi connectivity index (χ2v) is 7.63. The summed E-state index contributed by atoms with van der Waals surface area (Å²) < 4.78 is 10.6. The number of alkyl carbamates (subject to hydrolysis) is 1. The van der Waals surface area contributed by atoms with Gasteiger partial charge in [-0.2, -0.15) is 0 Å². The van der Waals surface area contributed by atoms with Crippen molar-refractivity contribution in [2.75, 3.05) is 39.4 Å². The summed E-state index contributed by atoms with van der Waals surface area (Å²) in [4.78, 5) is 27.1. The van der Waals surface area contributed by atoms with E-state index in [9.17, 15) is 9.59 Å². The van der Waals surface area contributed by atoms with Crippen molar-refractivity contribution < 1.29 is 19.1 Å². The predicted molar refractivity (Wildman–Crippen MR) is 104 cm³/mol. The molecule has 0 aliphatic carbocycles. The van der Waals surface area contributed by atoms with Crippen LogP contribution in [0.5, 0.6) is 0 Å². The van der Waals surface area contributed by atoms with Gasteiger partial charge in [-0.05, 0) is 26.3 Å². The molecule has 0 bridgehead atoms. The Morgan fingerprint density at radius 2 is 1.85 bits per heavy atom. The van der Waals surface area contributed by atoms with Crippen molar-refractivity contribution in [1.29, 1.82) is 0 Å². The Balaban J connectivity index is 1.90. The minimum Gasteiger partial charge on any atom is -0.444 e. The molecule has 1 aromatic rings. The topological polar surface area (TPSA) is 79.9 Å². The van der Waals surface area contributed by atoms with E-state index in [1.54, 1.807) is 20.8 Å². The molecule has 1 atom stereocenters. The third-order valence-corrected chi connectivity index (χ3v) is 4.12. The van der Waals surface area contributed by atoms with E-state index in [2.05, 4.69) is 15.5 Å². The van der Waals surface area contributed by atoms with Crippen molar-refractivity contribution in [2.45, 2.75) is 38.8 Å². The van der Waals surface area contributed by atoms with E-state index in [4.69, 9.17) is 9.47 Å². The summed E-state index contributed by atoms with van der Waals surface area (Å²) in [6.07, 6.45) is -0.185. The maximum Gasteiger partial charge on any atom is 0.408 e. The number of nitrogens with zero attached hydrogens (tertiary/aromatic N) is 1. The van der Waals surface area contributed by atoms with Crippen LogP contribution in [0, 0.1) is 0 Å². The van der Waals surface area contributed by atoms with Gasteiger partial charge in [-0.3, -0.25) is 9.69 Å². The number of ether oxygens (including phenoxy) is 2. The van der Waals surface area contributed by atoms with Gasteiger partial charge in [-0.15, -0.1) is 0 Å². The third kappa shape index (κ3) is 8.41. The Bertz CT molecular complexity index is 595. The molecule has 0 unspecified atom stereocenters. The molecule has 150 valence electrons. The molecule has 2 N–H and O–H groups in total. The van der Waals surface area contributed by atoms with Gasteiger partial charge in [0, 0.05) is 32.6 Å². The Kier molecular flexibility index (Phi) is 8.06. The summed E-state index contributed by atoms with van der Waals surface area (Å²) in [6, 6.07) is 8.93. The lowest BCUT2D eigenvalue weighted by molar-refractivity contribution is -0.123. The van der Waals surface area contributed by atoms with E-state index in [1.165, 1.54) is 0 Å². The SMILES string of the molecule is CC(C)(C)OC(=O)N[C@@H](Cc1ccccc1)C(=O)NCCN1CCOCC1. The molecule has 27 heavy (non-hydrogen) atoms. The third-order valence-electron chi connectivity index (χ3n) is 4.12. The first-order valence-corrected chi connectivity index (χ1v) is 9.45. The second-order valence-electron chi connectivity index (χ2n) is 7.63. The summed E-state index contributed by atoms with van der Waals surface area (Å²) >= 11 is 0. The molecule has 0 radical (unpaired) electrons. The highest BCUT2D eigenvalue weighted by atomic mass is 16.6. The van der Waals surface area contributed by atoms with Crippen molar-refractivity contribution in [3.05, 3.63) is 35.9 Å². The van der Waals surface area contributed by atoms with Crippen LogP contribution in [0.25, 0.3) is 0 Å². The highest BCUT2D eigenvalue weighted by molar-refractivity contribution is 5.86. The number of rotatable bonds is 7. The van der Waals surface area contributed by atoms with Crippen LogP contribution < -0.4 is 10.6 Å². The van der Waals surface area contributed by atoms with E-state index in [1.807, 2.05) is 30.3 Å². The van der Waals surface area contributed by atoms with Crippen molar-refractivity contribution in [1.82, 2.24) is 15.5 Å². The number of amides is 2. The lowest BCUT2D eigenvalue weighted by Gasteiger charge is -2.27. The number of hydrogen-bond acceptors (Lipinski definition) is 5. The summed E-state index contributed by atoms with van der Waals surface area (Å²) in [7, 11) is 0. The van der Waals surface area contributed by atoms with E-state index < -0.39 is 17.7 Å². The zero-order valence-corrected chi connectivity index (χ0v) is 16.5. The van der Waals surface area contributed by atoms with Crippen molar-refractivity contribution in [3.8, 4) is 0 Å². The zero-order chi connectivity index (χ0) is 19.7. The van der Waals surface area contributed by atoms with Crippen LogP contribution in [0.2, 0.25) is 0 Å². The standard InChI is InChI=1S/C20H31N3O4/c1-20(2,3)27-19(25)22-17(15-16-7-5-4-6-8-16)18(24)21-9-10-23-11-13-26-14-12-23/h4-8,17H,9-15H2,1-3H3,(H,21,24)(H,22,25)/t17-/m0/s1. The van der Waals surface area contributed by atoms with Gasteiger partial charge in [-0.25, -0.2) is 4.79 Å². The molecule has 7 heteroatoms. The first-order valence-electron chi connectivity index (χ1n) is 9.45. The average Bonchev–Trinajstić information content (AvgIpc) is 2.61. The first kappa shape index (κ1) is 21.2. The van der Waals surface area contributed by atoms with Gasteiger partial charge in [-0.1, -0.05) is 30.3 Å². The normalized spacial score (nSPS) is 16.4. The van der Waals surface area contributed by atoms with Crippen LogP contribution in [-0.4, -0.2) is 67.9 Å². The van der Waals surface area contributed by atoms with Gasteiger partial charge in [0.05, 0.1) is 13.2 Å². The van der Waals surface area contributed by atoms with Crippen LogP contribution in [-0.2, 0) is 20.7 Å². The Morgan fingerprint density at radius 1 is 1.19 bits per heavy atom. The molecule has 0 saturated carbocycles. The first-order chi connectivity index (χ1) is 12.8. The van der Waals surface area contributed by atoms with Crippen LogP contribution >= 0.6 is 0 Å². The van der Waals surface area contributed by atoms with E-state index in [0.29, 0.717) is 13.0 Å². The highest BCUT2D eigenvalue weighted by Crippen LogP contribution is 2.08. The van der Waals surface area contributed by atoms with Crippen molar-refractivity contribution in [3.63, 3.8) is 0 Å². The summed E-state index contributed by atoms with van der Waals surface area (Å²) in [6.45, 7) is 9.87. The van der Waals surface area contributed by atoms with E-state index in [0.717, 1.165) is 38.4 Å². The number of nitrogens with one attached hydrogen (secondary N) is 2. The molecule has 7 nitrogen and oxygen atoms in total. The fourth-order valence-electron chi connectivity index (χ4n) is 2.79. The fourth-order valence-corrected chi connectivity index (χ4v) is 2.79. The molecule has 2 amide bonds. The van der Waals surface area contributed by atoms with Crippen LogP contribution in [0.3, 0.4) is 0 Å². The second kappa shape index (κ2) is 10.3. The number of morpholine rings is 1. The van der Waals surface area contributed by atoms with E-state index in [-0.39, 0.29) is 5.91 Å². The van der Waals surface area contributed by atoms with Gasteiger partial charge in [0.2, 0.25) is 5.91 Å². The Labute approximate surface area is 161 Å². The molecule has 1 saturated heterocycles. The van der Waals surface area contributed by atoms with Gasteiger partial charge >= 0.3 is 6.09 Å². The lowest BCUT2D eigenvalue weighted by Crippen LogP contribution is -2.50. The molecule has 0 spiro atoms. The van der Waals surface area contributed by atoms with Gasteiger partial charge < -0.3 is 20.1 Å². The summed E-state index contributed by atoms with van der Waals surface area (Å²) in [5.41, 5.74) is 0.357. The minimum absolute atomic E-state index is 0.210. The highest BCUT2D eigenvalue weighted by Gasteiger charge is 2.24. The fraction of sp³-hybridized carbons (Fsp3) is 0.600. The molecular weight excluding hydrogens is 346 g/mol. The van der Waals surface area contributed by atoms with Crippen molar-refractivity contribution >= 4 is 12.0 Å². The smallest absolute Gasteiger partial charge is 0.408 e. The van der Waals surface area contributed by atoms with Crippen LogP contribution in [0.4, 0.5) is 4.79 Å². The van der Waals surface area contributed by atoms with Gasteiger partial charge in [0.15, 0.2) is 0 Å². The molecule has 1 aliphatic heterocycles. The van der Waals surface area contributed by atoms with Crippen LogP contribution in [0.1, 0.15) is 26.3 Å². The Hall–Kier alpha value is -2.12. The molecule has 0 aromatic heterocycles. The number of carbonyl (C=O) groups is 2. The molecule has 1 heterocycles. The van der Waals surface area contributed by atoms with E-state index >= 15 is 0 Å². The number of benzene rings is 1. The van der Waals surface area contributed by atoms with Gasteiger partial charge in [0.1, 0.15) is 11.6 Å². The average molecular weight is 377 g/mol. The lowest BCUT2D eigenvalue weighted by atomic mass is 10.1. The molecule has 1 fully saturated rings. The maximum atomic E-state index is 12.7. The largest absolute Gasteiger partial charge is 0.444 e. The predicted octanol–water partition coefficient (Wildman–Crippen LogP) is 1.57. The minimum atomic E-state index is -0.688. The summed E-state index contributed by atoms with van der Waals surface area (Å²) in [5, 5.41) is 5.63. The summed E-state index contributed by atoms with van der Waals surface area (Å²) in [5.74, 6) is -0.210. The molecule has 1 aromatic carbocycles. The monoisotopic (exact) mass is 377 g/mol. The maximum absolute atomic E-state index is 12.7. The number of hydrogen-bond donors (Lipinski definition) is 2.